The quantitative estimate of drug-likeness (QED) is 0.252. The number of hydrogen-bond donors (Lipinski definition) is 5. The summed E-state index contributed by atoms with van der Waals surface area (Å²) in [6.45, 7) is 2.05. The molecule has 2 unspecified atom stereocenters. The van der Waals surface area contributed by atoms with E-state index in [1.165, 1.54) is 0 Å². The largest absolute Gasteiger partial charge is 0.368 e. The fourth-order valence-electron chi connectivity index (χ4n) is 4.17. The SMILES string of the molecule is CCCC(NC(=O)C1CC2(CN1)SCCCS2)C(=O)C(=O)NCC(=O)N[C@H](C(N)=O)c1ccccc1. The Morgan fingerprint density at radius 1 is 1.11 bits per heavy atom. The van der Waals surface area contributed by atoms with Gasteiger partial charge in [-0.25, -0.2) is 0 Å². The molecule has 2 heterocycles. The van der Waals surface area contributed by atoms with Crippen molar-refractivity contribution in [3.05, 3.63) is 35.9 Å². The normalized spacial score (nSPS) is 20.2. The smallest absolute Gasteiger partial charge is 0.290 e. The van der Waals surface area contributed by atoms with Crippen molar-refractivity contribution in [2.24, 2.45) is 5.73 Å². The Morgan fingerprint density at radius 2 is 1.81 bits per heavy atom. The van der Waals surface area contributed by atoms with E-state index in [1.54, 1.807) is 30.3 Å². The van der Waals surface area contributed by atoms with E-state index in [4.69, 9.17) is 5.73 Å². The van der Waals surface area contributed by atoms with E-state index in [0.717, 1.165) is 24.5 Å². The highest BCUT2D eigenvalue weighted by Gasteiger charge is 2.44. The third kappa shape index (κ3) is 7.47. The number of carbonyl (C=O) groups is 5. The average Bonchev–Trinajstić information content (AvgIpc) is 3.29. The van der Waals surface area contributed by atoms with Gasteiger partial charge in [0.2, 0.25) is 23.5 Å². The van der Waals surface area contributed by atoms with E-state index in [9.17, 15) is 24.0 Å². The van der Waals surface area contributed by atoms with E-state index >= 15 is 0 Å². The topological polar surface area (TPSA) is 159 Å². The number of nitrogens with one attached hydrogen (secondary N) is 4. The van der Waals surface area contributed by atoms with Gasteiger partial charge in [-0.1, -0.05) is 43.7 Å². The lowest BCUT2D eigenvalue weighted by molar-refractivity contribution is -0.141. The fourth-order valence-corrected chi connectivity index (χ4v) is 7.45. The number of amides is 4. The van der Waals surface area contributed by atoms with Gasteiger partial charge in [0, 0.05) is 6.54 Å². The molecule has 0 bridgehead atoms. The van der Waals surface area contributed by atoms with Crippen LogP contribution in [0.5, 0.6) is 0 Å². The van der Waals surface area contributed by atoms with Crippen molar-refractivity contribution in [2.45, 2.75) is 54.8 Å². The van der Waals surface area contributed by atoms with Crippen LogP contribution in [0.3, 0.4) is 0 Å². The molecule has 36 heavy (non-hydrogen) atoms. The summed E-state index contributed by atoms with van der Waals surface area (Å²) in [5, 5.41) is 10.7. The molecule has 1 spiro atoms. The Morgan fingerprint density at radius 3 is 2.44 bits per heavy atom. The van der Waals surface area contributed by atoms with Crippen LogP contribution in [-0.2, 0) is 24.0 Å². The molecular weight excluding hydrogens is 502 g/mol. The van der Waals surface area contributed by atoms with Gasteiger partial charge in [-0.2, -0.15) is 0 Å². The first-order chi connectivity index (χ1) is 17.2. The van der Waals surface area contributed by atoms with Crippen LogP contribution < -0.4 is 27.0 Å². The van der Waals surface area contributed by atoms with Crippen LogP contribution in [0.1, 0.15) is 44.2 Å². The van der Waals surface area contributed by atoms with Gasteiger partial charge in [-0.3, -0.25) is 24.0 Å². The van der Waals surface area contributed by atoms with Crippen molar-refractivity contribution in [3.8, 4) is 0 Å². The fraction of sp³-hybridized carbons (Fsp3) is 0.542. The van der Waals surface area contributed by atoms with E-state index in [-0.39, 0.29) is 9.99 Å². The number of hydrogen-bond acceptors (Lipinski definition) is 8. The molecule has 2 aliphatic heterocycles. The lowest BCUT2D eigenvalue weighted by Gasteiger charge is -2.31. The molecule has 0 aromatic heterocycles. The first kappa shape index (κ1) is 28.0. The van der Waals surface area contributed by atoms with Gasteiger partial charge in [0.05, 0.1) is 22.7 Å². The molecule has 0 saturated carbocycles. The first-order valence-corrected chi connectivity index (χ1v) is 14.0. The second-order valence-electron chi connectivity index (χ2n) is 8.81. The zero-order valence-electron chi connectivity index (χ0n) is 20.2. The highest BCUT2D eigenvalue weighted by Crippen LogP contribution is 2.47. The Balaban J connectivity index is 1.51. The number of ketones is 1. The minimum absolute atomic E-state index is 0.0161. The Kier molecular flexibility index (Phi) is 10.2. The number of rotatable bonds is 11. The standard InChI is InChI=1S/C24H33N5O5S2/c1-2-7-16(28-22(33)17-12-24(14-27-17)35-10-6-11-36-24)20(31)23(34)26-13-18(30)29-19(21(25)32)15-8-4-3-5-9-15/h3-5,8-9,16-17,19,27H,2,6-7,10-14H2,1H3,(H2,25,32)(H,26,34)(H,28,33)(H,29,30)/t16?,17?,19-/m0/s1. The highest BCUT2D eigenvalue weighted by molar-refractivity contribution is 8.18. The minimum Gasteiger partial charge on any atom is -0.368 e. The molecule has 10 nitrogen and oxygen atoms in total. The van der Waals surface area contributed by atoms with Crippen molar-refractivity contribution in [1.82, 2.24) is 21.3 Å². The number of Topliss-reactive ketones (excluding diaryl/α,β-unsaturated/α-hetero) is 1. The monoisotopic (exact) mass is 535 g/mol. The van der Waals surface area contributed by atoms with Gasteiger partial charge in [-0.15, -0.1) is 23.5 Å². The lowest BCUT2D eigenvalue weighted by atomic mass is 10.1. The Bertz CT molecular complexity index is 971. The summed E-state index contributed by atoms with van der Waals surface area (Å²) >= 11 is 3.74. The predicted molar refractivity (Wildman–Crippen MR) is 140 cm³/mol. The van der Waals surface area contributed by atoms with Gasteiger partial charge < -0.3 is 27.0 Å². The Labute approximate surface area is 219 Å². The Hall–Kier alpha value is -2.57. The van der Waals surface area contributed by atoms with Gasteiger partial charge in [0.25, 0.3) is 5.91 Å². The molecule has 3 atom stereocenters. The van der Waals surface area contributed by atoms with Gasteiger partial charge in [-0.05, 0) is 36.3 Å². The van der Waals surface area contributed by atoms with E-state index in [2.05, 4.69) is 21.3 Å². The maximum atomic E-state index is 12.9. The maximum Gasteiger partial charge on any atom is 0.290 e. The van der Waals surface area contributed by atoms with E-state index in [1.807, 2.05) is 30.4 Å². The maximum absolute atomic E-state index is 12.9. The minimum atomic E-state index is -1.07. The summed E-state index contributed by atoms with van der Waals surface area (Å²) in [5.74, 6) is -1.39. The number of thioether (sulfide) groups is 2. The molecular formula is C24H33N5O5S2. The van der Waals surface area contributed by atoms with Crippen LogP contribution in [-0.4, -0.2) is 70.2 Å². The van der Waals surface area contributed by atoms with Crippen LogP contribution in [0.25, 0.3) is 0 Å². The molecule has 2 fully saturated rings. The van der Waals surface area contributed by atoms with Gasteiger partial charge in [0.15, 0.2) is 0 Å². The number of carbonyl (C=O) groups excluding carboxylic acids is 5. The predicted octanol–water partition coefficient (Wildman–Crippen LogP) is 0.228. The van der Waals surface area contributed by atoms with Crippen LogP contribution in [0, 0.1) is 0 Å². The van der Waals surface area contributed by atoms with Crippen LogP contribution in [0.15, 0.2) is 30.3 Å². The van der Waals surface area contributed by atoms with Crippen molar-refractivity contribution in [1.29, 1.82) is 0 Å². The highest BCUT2D eigenvalue weighted by atomic mass is 32.2. The van der Waals surface area contributed by atoms with E-state index in [0.29, 0.717) is 24.8 Å². The van der Waals surface area contributed by atoms with Crippen LogP contribution >= 0.6 is 23.5 Å². The molecule has 0 aliphatic carbocycles. The van der Waals surface area contributed by atoms with Crippen molar-refractivity contribution >= 4 is 52.9 Å². The van der Waals surface area contributed by atoms with Crippen LogP contribution in [0.2, 0.25) is 0 Å². The molecule has 3 rings (SSSR count). The summed E-state index contributed by atoms with van der Waals surface area (Å²) < 4.78 is -0.0161. The number of benzene rings is 1. The summed E-state index contributed by atoms with van der Waals surface area (Å²) in [6.07, 6.45) is 2.69. The zero-order valence-corrected chi connectivity index (χ0v) is 21.8. The number of nitrogens with two attached hydrogens (primary N) is 1. The molecule has 1 aromatic rings. The molecule has 6 N–H and O–H groups in total. The lowest BCUT2D eigenvalue weighted by Crippen LogP contribution is -2.52. The number of primary amides is 1. The van der Waals surface area contributed by atoms with Crippen molar-refractivity contribution < 1.29 is 24.0 Å². The van der Waals surface area contributed by atoms with Crippen molar-refractivity contribution in [3.63, 3.8) is 0 Å². The third-order valence-electron chi connectivity index (χ3n) is 6.03. The van der Waals surface area contributed by atoms with Gasteiger partial charge >= 0.3 is 0 Å². The molecule has 4 amide bonds. The van der Waals surface area contributed by atoms with E-state index < -0.39 is 48.2 Å². The van der Waals surface area contributed by atoms with Crippen molar-refractivity contribution in [2.75, 3.05) is 24.6 Å². The molecule has 196 valence electrons. The second-order valence-corrected chi connectivity index (χ2v) is 12.0. The molecule has 0 radical (unpaired) electrons. The summed E-state index contributed by atoms with van der Waals surface area (Å²) in [7, 11) is 0. The second kappa shape index (κ2) is 13.1. The molecule has 2 aliphatic rings. The van der Waals surface area contributed by atoms with Gasteiger partial charge in [0.1, 0.15) is 6.04 Å². The third-order valence-corrected chi connectivity index (χ3v) is 9.40. The average molecular weight is 536 g/mol. The first-order valence-electron chi connectivity index (χ1n) is 12.0. The molecule has 1 aromatic carbocycles. The molecule has 2 saturated heterocycles. The summed E-state index contributed by atoms with van der Waals surface area (Å²) in [4.78, 5) is 62.3. The zero-order chi connectivity index (χ0) is 26.1. The van der Waals surface area contributed by atoms with Crippen LogP contribution in [0.4, 0.5) is 0 Å². The summed E-state index contributed by atoms with van der Waals surface area (Å²) in [6, 6.07) is 5.97. The molecule has 12 heteroatoms. The summed E-state index contributed by atoms with van der Waals surface area (Å²) in [5.41, 5.74) is 5.89.